The third-order valence-electron chi connectivity index (χ3n) is 3.62. The van der Waals surface area contributed by atoms with Gasteiger partial charge in [0.25, 0.3) is 0 Å². The predicted molar refractivity (Wildman–Crippen MR) is 78.5 cm³/mol. The van der Waals surface area contributed by atoms with Gasteiger partial charge < -0.3 is 15.5 Å². The summed E-state index contributed by atoms with van der Waals surface area (Å²) in [4.78, 5) is 16.3. The molecular weight excluding hydrogens is 246 g/mol. The Morgan fingerprint density at radius 2 is 1.94 bits per heavy atom. The van der Waals surface area contributed by atoms with E-state index in [-0.39, 0.29) is 5.91 Å². The molecule has 0 aliphatic heterocycles. The van der Waals surface area contributed by atoms with Gasteiger partial charge in [0.1, 0.15) is 0 Å². The van der Waals surface area contributed by atoms with Crippen LogP contribution in [0.25, 0.3) is 0 Å². The molecule has 0 unspecified atom stereocenters. The van der Waals surface area contributed by atoms with Gasteiger partial charge in [-0.1, -0.05) is 18.6 Å². The Balaban J connectivity index is 2.12. The van der Waals surface area contributed by atoms with E-state index in [1.807, 2.05) is 7.05 Å². The summed E-state index contributed by atoms with van der Waals surface area (Å²) >= 11 is 4.81. The summed E-state index contributed by atoms with van der Waals surface area (Å²) in [5.41, 5.74) is 5.42. The van der Waals surface area contributed by atoms with Gasteiger partial charge >= 0.3 is 0 Å². The van der Waals surface area contributed by atoms with Crippen molar-refractivity contribution in [3.63, 3.8) is 0 Å². The van der Waals surface area contributed by atoms with Gasteiger partial charge in [0, 0.05) is 39.5 Å². The van der Waals surface area contributed by atoms with Gasteiger partial charge in [-0.25, -0.2) is 0 Å². The maximum Gasteiger partial charge on any atom is 0.223 e. The zero-order chi connectivity index (χ0) is 13.5. The lowest BCUT2D eigenvalue weighted by atomic mass is 9.85. The average Bonchev–Trinajstić information content (AvgIpc) is 2.27. The molecular formula is C13H25N3OS. The minimum Gasteiger partial charge on any atom is -0.393 e. The maximum atomic E-state index is 11.8. The standard InChI is InChI=1S/C13H25N3OS/c1-15(10-11-4-3-5-11)8-7-13(17)16(2)9-6-12(14)18/h11H,3-10H2,1-2H3,(H2,14,18). The minimum atomic E-state index is 0.173. The van der Waals surface area contributed by atoms with Crippen LogP contribution in [0, 0.1) is 5.92 Å². The molecule has 0 saturated heterocycles. The third-order valence-corrected chi connectivity index (χ3v) is 3.83. The number of hydrogen-bond acceptors (Lipinski definition) is 3. The van der Waals surface area contributed by atoms with Crippen molar-refractivity contribution < 1.29 is 4.79 Å². The quantitative estimate of drug-likeness (QED) is 0.675. The van der Waals surface area contributed by atoms with E-state index in [1.165, 1.54) is 19.3 Å². The van der Waals surface area contributed by atoms with Gasteiger partial charge in [-0.05, 0) is 25.8 Å². The Morgan fingerprint density at radius 1 is 1.28 bits per heavy atom. The highest BCUT2D eigenvalue weighted by Gasteiger charge is 2.19. The smallest absolute Gasteiger partial charge is 0.223 e. The highest BCUT2D eigenvalue weighted by molar-refractivity contribution is 7.80. The normalized spacial score (nSPS) is 15.5. The Morgan fingerprint density at radius 3 is 2.44 bits per heavy atom. The Bertz CT molecular complexity index is 292. The van der Waals surface area contributed by atoms with Crippen LogP contribution in [-0.2, 0) is 4.79 Å². The molecule has 1 amide bonds. The molecule has 2 N–H and O–H groups in total. The first-order valence-corrected chi connectivity index (χ1v) is 7.10. The van der Waals surface area contributed by atoms with E-state index in [1.54, 1.807) is 4.90 Å². The molecule has 0 atom stereocenters. The van der Waals surface area contributed by atoms with E-state index in [2.05, 4.69) is 11.9 Å². The summed E-state index contributed by atoms with van der Waals surface area (Å²) in [5, 5.41) is 0. The second-order valence-corrected chi connectivity index (χ2v) is 5.87. The largest absolute Gasteiger partial charge is 0.393 e. The Kier molecular flexibility index (Phi) is 6.57. The fourth-order valence-electron chi connectivity index (χ4n) is 2.09. The Labute approximate surface area is 115 Å². The summed E-state index contributed by atoms with van der Waals surface area (Å²) in [6, 6.07) is 0. The summed E-state index contributed by atoms with van der Waals surface area (Å²) < 4.78 is 0. The van der Waals surface area contributed by atoms with Gasteiger partial charge in [-0.2, -0.15) is 0 Å². The second kappa shape index (κ2) is 7.69. The highest BCUT2D eigenvalue weighted by Crippen LogP contribution is 2.26. The summed E-state index contributed by atoms with van der Waals surface area (Å²) in [6.45, 7) is 2.59. The number of nitrogens with two attached hydrogens (primary N) is 1. The van der Waals surface area contributed by atoms with Gasteiger partial charge in [0.05, 0.1) is 4.99 Å². The van der Waals surface area contributed by atoms with Gasteiger partial charge in [-0.15, -0.1) is 0 Å². The van der Waals surface area contributed by atoms with Gasteiger partial charge in [0.15, 0.2) is 0 Å². The van der Waals surface area contributed by atoms with Crippen LogP contribution >= 0.6 is 12.2 Å². The van der Waals surface area contributed by atoms with E-state index in [0.29, 0.717) is 24.4 Å². The number of rotatable bonds is 8. The van der Waals surface area contributed by atoms with E-state index >= 15 is 0 Å². The van der Waals surface area contributed by atoms with Crippen LogP contribution in [0.3, 0.4) is 0 Å². The molecule has 1 fully saturated rings. The SMILES string of the molecule is CN(CCC(=O)N(C)CCC(N)=S)CC1CCC1. The van der Waals surface area contributed by atoms with Crippen molar-refractivity contribution in [3.05, 3.63) is 0 Å². The number of carbonyl (C=O) groups excluding carboxylic acids is 1. The zero-order valence-corrected chi connectivity index (χ0v) is 12.3. The molecule has 0 bridgehead atoms. The van der Waals surface area contributed by atoms with E-state index in [4.69, 9.17) is 18.0 Å². The highest BCUT2D eigenvalue weighted by atomic mass is 32.1. The molecule has 0 aromatic rings. The molecule has 4 nitrogen and oxygen atoms in total. The molecule has 5 heteroatoms. The molecule has 1 aliphatic carbocycles. The summed E-state index contributed by atoms with van der Waals surface area (Å²) in [7, 11) is 3.91. The first kappa shape index (κ1) is 15.4. The molecule has 104 valence electrons. The van der Waals surface area contributed by atoms with Crippen LogP contribution in [-0.4, -0.2) is 54.4 Å². The van der Waals surface area contributed by atoms with Crippen LogP contribution < -0.4 is 5.73 Å². The van der Waals surface area contributed by atoms with Crippen LogP contribution in [0.4, 0.5) is 0 Å². The molecule has 1 rings (SSSR count). The van der Waals surface area contributed by atoms with Crippen molar-refractivity contribution in [1.82, 2.24) is 9.80 Å². The summed E-state index contributed by atoms with van der Waals surface area (Å²) in [5.74, 6) is 1.03. The molecule has 1 aliphatic rings. The van der Waals surface area contributed by atoms with Gasteiger partial charge in [0.2, 0.25) is 5.91 Å². The van der Waals surface area contributed by atoms with Crippen LogP contribution in [0.1, 0.15) is 32.1 Å². The van der Waals surface area contributed by atoms with E-state index in [0.717, 1.165) is 19.0 Å². The number of hydrogen-bond donors (Lipinski definition) is 1. The lowest BCUT2D eigenvalue weighted by molar-refractivity contribution is -0.130. The fourth-order valence-corrected chi connectivity index (χ4v) is 2.18. The second-order valence-electron chi connectivity index (χ2n) is 5.34. The van der Waals surface area contributed by atoms with E-state index < -0.39 is 0 Å². The van der Waals surface area contributed by atoms with Crippen molar-refractivity contribution in [2.45, 2.75) is 32.1 Å². The number of amides is 1. The van der Waals surface area contributed by atoms with Crippen LogP contribution in [0.5, 0.6) is 0 Å². The van der Waals surface area contributed by atoms with Crippen LogP contribution in [0.15, 0.2) is 0 Å². The predicted octanol–water partition coefficient (Wildman–Crippen LogP) is 1.24. The zero-order valence-electron chi connectivity index (χ0n) is 11.5. The monoisotopic (exact) mass is 271 g/mol. The molecule has 0 spiro atoms. The lowest BCUT2D eigenvalue weighted by Crippen LogP contribution is -2.35. The number of thiocarbonyl (C=S) groups is 1. The molecule has 0 radical (unpaired) electrons. The first-order valence-electron chi connectivity index (χ1n) is 6.70. The van der Waals surface area contributed by atoms with E-state index in [9.17, 15) is 4.79 Å². The topological polar surface area (TPSA) is 49.6 Å². The first-order chi connectivity index (χ1) is 8.49. The summed E-state index contributed by atoms with van der Waals surface area (Å²) in [6.07, 6.45) is 5.27. The van der Waals surface area contributed by atoms with Crippen LogP contribution in [0.2, 0.25) is 0 Å². The van der Waals surface area contributed by atoms with Crippen molar-refractivity contribution in [2.24, 2.45) is 11.7 Å². The van der Waals surface area contributed by atoms with Gasteiger partial charge in [-0.3, -0.25) is 4.79 Å². The van der Waals surface area contributed by atoms with Crippen molar-refractivity contribution in [3.8, 4) is 0 Å². The molecule has 0 aromatic heterocycles. The molecule has 0 aromatic carbocycles. The molecule has 1 saturated carbocycles. The Hall–Kier alpha value is -0.680. The van der Waals surface area contributed by atoms with Crippen molar-refractivity contribution in [1.29, 1.82) is 0 Å². The minimum absolute atomic E-state index is 0.173. The maximum absolute atomic E-state index is 11.8. The average molecular weight is 271 g/mol. The van der Waals surface area contributed by atoms with Crippen molar-refractivity contribution >= 4 is 23.1 Å². The van der Waals surface area contributed by atoms with Crippen molar-refractivity contribution in [2.75, 3.05) is 33.7 Å². The fraction of sp³-hybridized carbons (Fsp3) is 0.846. The number of carbonyl (C=O) groups is 1. The molecule has 0 heterocycles. The molecule has 18 heavy (non-hydrogen) atoms. The third kappa shape index (κ3) is 5.78. The number of nitrogens with zero attached hydrogens (tertiary/aromatic N) is 2. The lowest BCUT2D eigenvalue weighted by Gasteiger charge is -2.30.